The summed E-state index contributed by atoms with van der Waals surface area (Å²) in [6.45, 7) is 2.39. The zero-order valence-corrected chi connectivity index (χ0v) is 12.5. The minimum atomic E-state index is -0.0990. The first kappa shape index (κ1) is 15.5. The summed E-state index contributed by atoms with van der Waals surface area (Å²) in [4.78, 5) is 30.9. The highest BCUT2D eigenvalue weighted by atomic mass is 16.2. The van der Waals surface area contributed by atoms with Gasteiger partial charge in [0, 0.05) is 31.3 Å². The highest BCUT2D eigenvalue weighted by Crippen LogP contribution is 2.24. The molecular weight excluding hydrogens is 268 g/mol. The average molecular weight is 292 g/mol. The fourth-order valence-corrected chi connectivity index (χ4v) is 2.73. The molecule has 2 amide bonds. The molecule has 1 fully saturated rings. The number of H-pyrrole nitrogens is 1. The third-order valence-corrected chi connectivity index (χ3v) is 3.97. The maximum atomic E-state index is 11.9. The van der Waals surface area contributed by atoms with Crippen molar-refractivity contribution in [1.29, 1.82) is 0 Å². The molecule has 0 spiro atoms. The standard InChI is InChI=1S/C15H24N4O2/c1-2-12(14-16-9-10-17-14)19-13(20)7-8-18-15(21)11-5-3-4-6-11/h9-12H,2-8H2,1H3,(H,16,17)(H,18,21)(H,19,20). The molecule has 1 atom stereocenters. The van der Waals surface area contributed by atoms with Crippen molar-refractivity contribution in [2.75, 3.05) is 6.54 Å². The third-order valence-electron chi connectivity index (χ3n) is 3.97. The smallest absolute Gasteiger partial charge is 0.223 e. The molecule has 1 aromatic rings. The summed E-state index contributed by atoms with van der Waals surface area (Å²) >= 11 is 0. The lowest BCUT2D eigenvalue weighted by Crippen LogP contribution is -2.35. The van der Waals surface area contributed by atoms with Crippen LogP contribution in [0.15, 0.2) is 12.4 Å². The van der Waals surface area contributed by atoms with E-state index in [1.807, 2.05) is 6.92 Å². The van der Waals surface area contributed by atoms with E-state index < -0.39 is 0 Å². The first-order valence-electron chi connectivity index (χ1n) is 7.77. The maximum Gasteiger partial charge on any atom is 0.223 e. The van der Waals surface area contributed by atoms with Crippen molar-refractivity contribution in [3.63, 3.8) is 0 Å². The van der Waals surface area contributed by atoms with E-state index in [0.717, 1.165) is 37.9 Å². The van der Waals surface area contributed by atoms with Crippen LogP contribution in [-0.2, 0) is 9.59 Å². The molecule has 116 valence electrons. The van der Waals surface area contributed by atoms with Crippen molar-refractivity contribution < 1.29 is 9.59 Å². The van der Waals surface area contributed by atoms with Gasteiger partial charge in [-0.25, -0.2) is 4.98 Å². The second-order valence-electron chi connectivity index (χ2n) is 5.53. The van der Waals surface area contributed by atoms with Gasteiger partial charge in [-0.3, -0.25) is 9.59 Å². The highest BCUT2D eigenvalue weighted by Gasteiger charge is 2.22. The van der Waals surface area contributed by atoms with E-state index >= 15 is 0 Å². The average Bonchev–Trinajstić information content (AvgIpc) is 3.17. The highest BCUT2D eigenvalue weighted by molar-refractivity contribution is 5.80. The summed E-state index contributed by atoms with van der Waals surface area (Å²) < 4.78 is 0. The number of imidazole rings is 1. The van der Waals surface area contributed by atoms with E-state index in [4.69, 9.17) is 0 Å². The molecule has 1 heterocycles. The van der Waals surface area contributed by atoms with Crippen molar-refractivity contribution >= 4 is 11.8 Å². The Hall–Kier alpha value is -1.85. The van der Waals surface area contributed by atoms with E-state index in [9.17, 15) is 9.59 Å². The Kier molecular flexibility index (Phi) is 5.78. The lowest BCUT2D eigenvalue weighted by molar-refractivity contribution is -0.125. The molecule has 1 unspecified atom stereocenters. The largest absolute Gasteiger partial charge is 0.355 e. The van der Waals surface area contributed by atoms with Gasteiger partial charge in [-0.1, -0.05) is 19.8 Å². The van der Waals surface area contributed by atoms with Crippen LogP contribution in [0.2, 0.25) is 0 Å². The van der Waals surface area contributed by atoms with Crippen LogP contribution in [0.5, 0.6) is 0 Å². The predicted molar refractivity (Wildman–Crippen MR) is 79.3 cm³/mol. The fourth-order valence-electron chi connectivity index (χ4n) is 2.73. The van der Waals surface area contributed by atoms with E-state index in [-0.39, 0.29) is 23.8 Å². The van der Waals surface area contributed by atoms with Crippen molar-refractivity contribution in [2.24, 2.45) is 5.92 Å². The van der Waals surface area contributed by atoms with Gasteiger partial charge in [0.2, 0.25) is 11.8 Å². The lowest BCUT2D eigenvalue weighted by atomic mass is 10.1. The lowest BCUT2D eigenvalue weighted by Gasteiger charge is -2.15. The molecule has 0 radical (unpaired) electrons. The van der Waals surface area contributed by atoms with Crippen molar-refractivity contribution in [1.82, 2.24) is 20.6 Å². The summed E-state index contributed by atoms with van der Waals surface area (Å²) in [5, 5.41) is 5.79. The Bertz CT molecular complexity index is 452. The third kappa shape index (κ3) is 4.58. The van der Waals surface area contributed by atoms with Gasteiger partial charge >= 0.3 is 0 Å². The second kappa shape index (κ2) is 7.81. The molecule has 6 nitrogen and oxygen atoms in total. The van der Waals surface area contributed by atoms with Gasteiger partial charge in [-0.2, -0.15) is 0 Å². The van der Waals surface area contributed by atoms with Gasteiger partial charge in [-0.05, 0) is 19.3 Å². The first-order chi connectivity index (χ1) is 10.2. The minimum Gasteiger partial charge on any atom is -0.355 e. The molecule has 0 saturated heterocycles. The Morgan fingerprint density at radius 2 is 2.19 bits per heavy atom. The van der Waals surface area contributed by atoms with Gasteiger partial charge in [0.05, 0.1) is 6.04 Å². The molecule has 6 heteroatoms. The van der Waals surface area contributed by atoms with Gasteiger partial charge in [0.1, 0.15) is 5.82 Å². The Labute approximate surface area is 125 Å². The molecule has 1 aliphatic rings. The monoisotopic (exact) mass is 292 g/mol. The van der Waals surface area contributed by atoms with Gasteiger partial charge in [-0.15, -0.1) is 0 Å². The molecule has 2 rings (SSSR count). The number of hydrogen-bond acceptors (Lipinski definition) is 3. The van der Waals surface area contributed by atoms with Crippen LogP contribution in [0.1, 0.15) is 57.3 Å². The summed E-state index contributed by atoms with van der Waals surface area (Å²) in [5.74, 6) is 0.948. The number of carbonyl (C=O) groups excluding carboxylic acids is 2. The number of aromatic amines is 1. The summed E-state index contributed by atoms with van der Waals surface area (Å²) in [6.07, 6.45) is 8.73. The summed E-state index contributed by atoms with van der Waals surface area (Å²) in [6, 6.07) is -0.0990. The normalized spacial score (nSPS) is 16.6. The topological polar surface area (TPSA) is 86.9 Å². The van der Waals surface area contributed by atoms with Gasteiger partial charge in [0.15, 0.2) is 0 Å². The van der Waals surface area contributed by atoms with E-state index in [1.165, 1.54) is 0 Å². The quantitative estimate of drug-likeness (QED) is 0.714. The molecule has 0 aromatic carbocycles. The number of amides is 2. The summed E-state index contributed by atoms with van der Waals surface area (Å²) in [7, 11) is 0. The van der Waals surface area contributed by atoms with Crippen LogP contribution in [0.3, 0.4) is 0 Å². The molecule has 0 aliphatic heterocycles. The molecular formula is C15H24N4O2. The molecule has 0 bridgehead atoms. The number of nitrogens with zero attached hydrogens (tertiary/aromatic N) is 1. The van der Waals surface area contributed by atoms with Crippen LogP contribution in [0, 0.1) is 5.92 Å². The SMILES string of the molecule is CCC(NC(=O)CCNC(=O)C1CCCC1)c1ncc[nH]1. The number of hydrogen-bond donors (Lipinski definition) is 3. The number of carbonyl (C=O) groups is 2. The first-order valence-corrected chi connectivity index (χ1v) is 7.77. The van der Waals surface area contributed by atoms with Gasteiger partial charge < -0.3 is 15.6 Å². The van der Waals surface area contributed by atoms with Crippen molar-refractivity contribution in [2.45, 2.75) is 51.5 Å². The Morgan fingerprint density at radius 1 is 1.43 bits per heavy atom. The van der Waals surface area contributed by atoms with Gasteiger partial charge in [0.25, 0.3) is 0 Å². The summed E-state index contributed by atoms with van der Waals surface area (Å²) in [5.41, 5.74) is 0. The molecule has 1 aromatic heterocycles. The van der Waals surface area contributed by atoms with E-state index in [2.05, 4.69) is 20.6 Å². The number of rotatable bonds is 7. The zero-order valence-electron chi connectivity index (χ0n) is 12.5. The van der Waals surface area contributed by atoms with Crippen LogP contribution in [0.4, 0.5) is 0 Å². The minimum absolute atomic E-state index is 0.0648. The van der Waals surface area contributed by atoms with Crippen LogP contribution in [0.25, 0.3) is 0 Å². The second-order valence-corrected chi connectivity index (χ2v) is 5.53. The zero-order chi connectivity index (χ0) is 15.1. The number of aromatic nitrogens is 2. The molecule has 1 saturated carbocycles. The Balaban J connectivity index is 1.68. The maximum absolute atomic E-state index is 11.9. The van der Waals surface area contributed by atoms with Crippen molar-refractivity contribution in [3.8, 4) is 0 Å². The Morgan fingerprint density at radius 3 is 2.81 bits per heavy atom. The molecule has 21 heavy (non-hydrogen) atoms. The van der Waals surface area contributed by atoms with Crippen molar-refractivity contribution in [3.05, 3.63) is 18.2 Å². The number of nitrogens with one attached hydrogen (secondary N) is 3. The predicted octanol–water partition coefficient (Wildman–Crippen LogP) is 1.67. The van der Waals surface area contributed by atoms with E-state index in [0.29, 0.717) is 13.0 Å². The van der Waals surface area contributed by atoms with Crippen LogP contribution in [-0.4, -0.2) is 28.3 Å². The van der Waals surface area contributed by atoms with Crippen LogP contribution >= 0.6 is 0 Å². The fraction of sp³-hybridized carbons (Fsp3) is 0.667. The molecule has 3 N–H and O–H groups in total. The molecule has 1 aliphatic carbocycles. The van der Waals surface area contributed by atoms with Crippen LogP contribution < -0.4 is 10.6 Å². The van der Waals surface area contributed by atoms with E-state index in [1.54, 1.807) is 12.4 Å².